The van der Waals surface area contributed by atoms with E-state index in [-0.39, 0.29) is 28.0 Å². The molecule has 0 aliphatic heterocycles. The molecular weight excluding hydrogens is 275 g/mol. The van der Waals surface area contributed by atoms with Crippen LogP contribution in [0.2, 0.25) is 5.02 Å². The van der Waals surface area contributed by atoms with Crippen molar-refractivity contribution in [1.82, 2.24) is 4.98 Å². The van der Waals surface area contributed by atoms with Crippen molar-refractivity contribution in [2.24, 2.45) is 0 Å². The first-order valence-electron chi connectivity index (χ1n) is 5.10. The molecule has 0 radical (unpaired) electrons. The lowest BCUT2D eigenvalue weighted by molar-refractivity contribution is -0.384. The first kappa shape index (κ1) is 13.0. The van der Waals surface area contributed by atoms with Crippen LogP contribution in [0.4, 0.5) is 27.4 Å². The van der Waals surface area contributed by atoms with Gasteiger partial charge >= 0.3 is 0 Å². The maximum atomic E-state index is 13.6. The van der Waals surface area contributed by atoms with Crippen molar-refractivity contribution in [2.75, 3.05) is 11.1 Å². The minimum absolute atomic E-state index is 0.0360. The minimum Gasteiger partial charge on any atom is -0.383 e. The van der Waals surface area contributed by atoms with Crippen LogP contribution < -0.4 is 11.1 Å². The number of nitrogens with one attached hydrogen (secondary N) is 1. The third-order valence-electron chi connectivity index (χ3n) is 2.23. The number of pyridine rings is 1. The highest BCUT2D eigenvalue weighted by atomic mass is 35.5. The van der Waals surface area contributed by atoms with E-state index in [9.17, 15) is 14.5 Å². The molecule has 2 aromatic rings. The molecule has 1 aromatic heterocycles. The van der Waals surface area contributed by atoms with E-state index in [0.29, 0.717) is 0 Å². The molecule has 3 N–H and O–H groups in total. The van der Waals surface area contributed by atoms with Crippen LogP contribution in [0.15, 0.2) is 30.3 Å². The summed E-state index contributed by atoms with van der Waals surface area (Å²) < 4.78 is 13.6. The van der Waals surface area contributed by atoms with Crippen molar-refractivity contribution in [2.45, 2.75) is 0 Å². The predicted molar refractivity (Wildman–Crippen MR) is 70.0 cm³/mol. The van der Waals surface area contributed by atoms with E-state index in [1.54, 1.807) is 0 Å². The van der Waals surface area contributed by atoms with Gasteiger partial charge < -0.3 is 11.1 Å². The van der Waals surface area contributed by atoms with E-state index >= 15 is 0 Å². The largest absolute Gasteiger partial charge is 0.383 e. The lowest BCUT2D eigenvalue weighted by Crippen LogP contribution is -2.01. The monoisotopic (exact) mass is 282 g/mol. The highest BCUT2D eigenvalue weighted by Crippen LogP contribution is 2.25. The van der Waals surface area contributed by atoms with E-state index in [1.165, 1.54) is 12.1 Å². The first-order valence-corrected chi connectivity index (χ1v) is 5.47. The van der Waals surface area contributed by atoms with E-state index in [1.807, 2.05) is 0 Å². The number of hydrogen-bond acceptors (Lipinski definition) is 5. The van der Waals surface area contributed by atoms with Crippen LogP contribution in [0.25, 0.3) is 0 Å². The van der Waals surface area contributed by atoms with Gasteiger partial charge in [-0.1, -0.05) is 11.6 Å². The zero-order valence-corrected chi connectivity index (χ0v) is 10.2. The topological polar surface area (TPSA) is 94.1 Å². The standard InChI is InChI=1S/C11H8ClFN4O2/c12-6-1-2-9(8(13)3-6)15-11-5-7(17(18)19)4-10(14)16-11/h1-5H,(H3,14,15,16). The van der Waals surface area contributed by atoms with Crippen molar-refractivity contribution in [3.63, 3.8) is 0 Å². The van der Waals surface area contributed by atoms with E-state index in [4.69, 9.17) is 17.3 Å². The number of anilines is 3. The molecule has 98 valence electrons. The normalized spacial score (nSPS) is 10.2. The van der Waals surface area contributed by atoms with Gasteiger partial charge in [-0.05, 0) is 18.2 Å². The quantitative estimate of drug-likeness (QED) is 0.666. The molecule has 0 amide bonds. The maximum Gasteiger partial charge on any atom is 0.276 e. The molecule has 6 nitrogen and oxygen atoms in total. The Morgan fingerprint density at radius 2 is 2.11 bits per heavy atom. The average Bonchev–Trinajstić information content (AvgIpc) is 2.32. The number of benzene rings is 1. The van der Waals surface area contributed by atoms with Crippen LogP contribution in [-0.2, 0) is 0 Å². The number of nitrogens with zero attached hydrogens (tertiary/aromatic N) is 2. The van der Waals surface area contributed by atoms with Gasteiger partial charge in [0.25, 0.3) is 5.69 Å². The number of rotatable bonds is 3. The van der Waals surface area contributed by atoms with Gasteiger partial charge in [-0.15, -0.1) is 0 Å². The molecule has 0 aliphatic rings. The van der Waals surface area contributed by atoms with Crippen LogP contribution in [0, 0.1) is 15.9 Å². The van der Waals surface area contributed by atoms with Crippen molar-refractivity contribution in [1.29, 1.82) is 0 Å². The fourth-order valence-electron chi connectivity index (χ4n) is 1.44. The summed E-state index contributed by atoms with van der Waals surface area (Å²) >= 11 is 5.62. The summed E-state index contributed by atoms with van der Waals surface area (Å²) in [6, 6.07) is 6.26. The van der Waals surface area contributed by atoms with Gasteiger partial charge in [0.2, 0.25) is 0 Å². The highest BCUT2D eigenvalue weighted by Gasteiger charge is 2.11. The Morgan fingerprint density at radius 3 is 2.74 bits per heavy atom. The van der Waals surface area contributed by atoms with Crippen LogP contribution in [0.1, 0.15) is 0 Å². The summed E-state index contributed by atoms with van der Waals surface area (Å²) in [6.45, 7) is 0. The predicted octanol–water partition coefficient (Wildman–Crippen LogP) is 3.11. The van der Waals surface area contributed by atoms with Gasteiger partial charge in [0.05, 0.1) is 22.7 Å². The molecule has 0 bridgehead atoms. The van der Waals surface area contributed by atoms with Crippen LogP contribution in [0.5, 0.6) is 0 Å². The Labute approximate surface area is 112 Å². The number of nitrogens with two attached hydrogens (primary N) is 1. The van der Waals surface area contributed by atoms with Gasteiger partial charge in [0.1, 0.15) is 17.5 Å². The molecule has 0 saturated carbocycles. The molecule has 1 heterocycles. The Balaban J connectivity index is 2.35. The number of aromatic nitrogens is 1. The summed E-state index contributed by atoms with van der Waals surface area (Å²) in [7, 11) is 0. The smallest absolute Gasteiger partial charge is 0.276 e. The SMILES string of the molecule is Nc1cc([N+](=O)[O-])cc(Nc2ccc(Cl)cc2F)n1. The number of hydrogen-bond donors (Lipinski definition) is 2. The zero-order valence-electron chi connectivity index (χ0n) is 9.43. The Morgan fingerprint density at radius 1 is 1.37 bits per heavy atom. The van der Waals surface area contributed by atoms with Gasteiger partial charge in [0, 0.05) is 5.02 Å². The van der Waals surface area contributed by atoms with Gasteiger partial charge in [0.15, 0.2) is 0 Å². The van der Waals surface area contributed by atoms with Gasteiger partial charge in [-0.3, -0.25) is 10.1 Å². The van der Waals surface area contributed by atoms with E-state index in [0.717, 1.165) is 18.2 Å². The summed E-state index contributed by atoms with van der Waals surface area (Å²) in [4.78, 5) is 13.9. The second kappa shape index (κ2) is 5.07. The minimum atomic E-state index is -0.610. The van der Waals surface area contributed by atoms with Crippen LogP contribution >= 0.6 is 11.6 Å². The molecule has 1 aromatic carbocycles. The number of nitrogen functional groups attached to an aromatic ring is 1. The number of nitro groups is 1. The van der Waals surface area contributed by atoms with Crippen molar-refractivity contribution < 1.29 is 9.31 Å². The highest BCUT2D eigenvalue weighted by molar-refractivity contribution is 6.30. The van der Waals surface area contributed by atoms with Crippen LogP contribution in [-0.4, -0.2) is 9.91 Å². The Kier molecular flexibility index (Phi) is 3.48. The first-order chi connectivity index (χ1) is 8.95. The van der Waals surface area contributed by atoms with Crippen LogP contribution in [0.3, 0.4) is 0 Å². The molecule has 8 heteroatoms. The zero-order chi connectivity index (χ0) is 14.0. The second-order valence-electron chi connectivity index (χ2n) is 3.64. The molecule has 19 heavy (non-hydrogen) atoms. The Bertz CT molecular complexity index is 651. The molecular formula is C11H8ClFN4O2. The number of halogens is 2. The second-order valence-corrected chi connectivity index (χ2v) is 4.08. The van der Waals surface area contributed by atoms with Crippen molar-refractivity contribution >= 4 is 34.6 Å². The van der Waals surface area contributed by atoms with Gasteiger partial charge in [-0.2, -0.15) is 0 Å². The molecule has 2 rings (SSSR count). The molecule has 0 unspecified atom stereocenters. The Hall–Kier alpha value is -2.41. The maximum absolute atomic E-state index is 13.6. The van der Waals surface area contributed by atoms with Crippen molar-refractivity contribution in [3.8, 4) is 0 Å². The molecule has 0 aliphatic carbocycles. The summed E-state index contributed by atoms with van der Waals surface area (Å²) in [5, 5.41) is 13.5. The lowest BCUT2D eigenvalue weighted by atomic mass is 10.3. The lowest BCUT2D eigenvalue weighted by Gasteiger charge is -2.07. The average molecular weight is 283 g/mol. The van der Waals surface area contributed by atoms with Gasteiger partial charge in [-0.25, -0.2) is 9.37 Å². The van der Waals surface area contributed by atoms with Crippen molar-refractivity contribution in [3.05, 3.63) is 51.3 Å². The summed E-state index contributed by atoms with van der Waals surface area (Å²) in [5.74, 6) is -0.557. The molecule has 0 saturated heterocycles. The summed E-state index contributed by atoms with van der Waals surface area (Å²) in [5.41, 5.74) is 5.30. The molecule has 0 spiro atoms. The fraction of sp³-hybridized carbons (Fsp3) is 0. The summed E-state index contributed by atoms with van der Waals surface area (Å²) in [6.07, 6.45) is 0. The third kappa shape index (κ3) is 3.08. The van der Waals surface area contributed by atoms with E-state index < -0.39 is 10.7 Å². The fourth-order valence-corrected chi connectivity index (χ4v) is 1.59. The third-order valence-corrected chi connectivity index (χ3v) is 2.47. The molecule has 0 fully saturated rings. The molecule has 0 atom stereocenters. The van der Waals surface area contributed by atoms with E-state index in [2.05, 4.69) is 10.3 Å².